The molecule has 1 atom stereocenters. The summed E-state index contributed by atoms with van der Waals surface area (Å²) in [4.78, 5) is 1.32. The number of halogens is 1. The number of aryl methyl sites for hydroxylation is 1. The van der Waals surface area contributed by atoms with E-state index in [0.29, 0.717) is 24.0 Å². The Morgan fingerprint density at radius 1 is 1.25 bits per heavy atom. The van der Waals surface area contributed by atoms with Crippen molar-refractivity contribution in [3.63, 3.8) is 0 Å². The third kappa shape index (κ3) is 2.58. The van der Waals surface area contributed by atoms with Crippen LogP contribution in [0.5, 0.6) is 11.5 Å². The maximum atomic E-state index is 6.31. The topological polar surface area (TPSA) is 30.5 Å². The number of nitrogens with one attached hydrogen (secondary N) is 1. The van der Waals surface area contributed by atoms with Crippen molar-refractivity contribution in [1.82, 2.24) is 0 Å². The lowest BCUT2D eigenvalue weighted by Crippen LogP contribution is -2.16. The normalized spacial score (nSPS) is 14.9. The average Bonchev–Trinajstić information content (AvgIpc) is 2.86. The number of thiophene rings is 1. The first-order valence-electron chi connectivity index (χ1n) is 6.55. The number of benzene rings is 1. The highest BCUT2D eigenvalue weighted by Crippen LogP contribution is 2.39. The first-order valence-corrected chi connectivity index (χ1v) is 7.80. The number of hydrogen-bond donors (Lipinski definition) is 1. The summed E-state index contributed by atoms with van der Waals surface area (Å²) in [7, 11) is 0. The highest BCUT2D eigenvalue weighted by molar-refractivity contribution is 7.10. The molecular weight excluding hydrogens is 294 g/mol. The standard InChI is InChI=1S/C15H16ClNO2S/c1-9-3-6-20-15(9)10(2)17-12-8-14-13(7-11(12)16)18-4-5-19-14/h3,6-8,10,17H,4-5H2,1-2H3. The summed E-state index contributed by atoms with van der Waals surface area (Å²) in [6, 6.07) is 6.06. The maximum absolute atomic E-state index is 6.31. The van der Waals surface area contributed by atoms with Gasteiger partial charge in [-0.1, -0.05) is 11.6 Å². The first-order chi connectivity index (χ1) is 9.65. The Morgan fingerprint density at radius 2 is 1.95 bits per heavy atom. The van der Waals surface area contributed by atoms with E-state index in [-0.39, 0.29) is 6.04 Å². The fourth-order valence-corrected chi connectivity index (χ4v) is 3.45. The minimum Gasteiger partial charge on any atom is -0.486 e. The number of ether oxygens (including phenoxy) is 2. The zero-order valence-corrected chi connectivity index (χ0v) is 13.0. The molecule has 3 nitrogen and oxygen atoms in total. The minimum atomic E-state index is 0.204. The Hall–Kier alpha value is -1.39. The van der Waals surface area contributed by atoms with E-state index in [1.54, 1.807) is 11.3 Å². The molecule has 1 aliphatic rings. The molecule has 1 aliphatic heterocycles. The Morgan fingerprint density at radius 3 is 2.60 bits per heavy atom. The Kier molecular flexibility index (Phi) is 3.76. The maximum Gasteiger partial charge on any atom is 0.163 e. The van der Waals surface area contributed by atoms with Crippen molar-refractivity contribution in [2.75, 3.05) is 18.5 Å². The zero-order valence-electron chi connectivity index (χ0n) is 11.4. The predicted octanol–water partition coefficient (Wildman–Crippen LogP) is 4.65. The van der Waals surface area contributed by atoms with E-state index < -0.39 is 0 Å². The van der Waals surface area contributed by atoms with Crippen LogP contribution in [0, 0.1) is 6.92 Å². The van der Waals surface area contributed by atoms with Crippen molar-refractivity contribution in [2.24, 2.45) is 0 Å². The quantitative estimate of drug-likeness (QED) is 0.895. The molecule has 0 bridgehead atoms. The van der Waals surface area contributed by atoms with Crippen LogP contribution in [-0.4, -0.2) is 13.2 Å². The molecule has 5 heteroatoms. The van der Waals surface area contributed by atoms with E-state index in [0.717, 1.165) is 11.4 Å². The first kappa shape index (κ1) is 13.6. The lowest BCUT2D eigenvalue weighted by atomic mass is 10.1. The average molecular weight is 310 g/mol. The van der Waals surface area contributed by atoms with Gasteiger partial charge in [-0.3, -0.25) is 0 Å². The second-order valence-electron chi connectivity index (χ2n) is 4.81. The fraction of sp³-hybridized carbons (Fsp3) is 0.333. The van der Waals surface area contributed by atoms with Crippen molar-refractivity contribution >= 4 is 28.6 Å². The second kappa shape index (κ2) is 5.54. The van der Waals surface area contributed by atoms with Crippen LogP contribution in [0.1, 0.15) is 23.4 Å². The van der Waals surface area contributed by atoms with Gasteiger partial charge in [0.2, 0.25) is 0 Å². The van der Waals surface area contributed by atoms with Gasteiger partial charge >= 0.3 is 0 Å². The summed E-state index contributed by atoms with van der Waals surface area (Å²) in [6.07, 6.45) is 0. The van der Waals surface area contributed by atoms with Crippen LogP contribution >= 0.6 is 22.9 Å². The van der Waals surface area contributed by atoms with E-state index in [4.69, 9.17) is 21.1 Å². The molecule has 0 aliphatic carbocycles. The molecule has 2 aromatic rings. The third-order valence-electron chi connectivity index (χ3n) is 3.30. The van der Waals surface area contributed by atoms with Gasteiger partial charge in [0.1, 0.15) is 13.2 Å². The van der Waals surface area contributed by atoms with E-state index in [1.165, 1.54) is 10.4 Å². The summed E-state index contributed by atoms with van der Waals surface area (Å²) in [6.45, 7) is 5.40. The van der Waals surface area contributed by atoms with Gasteiger partial charge in [0.05, 0.1) is 16.8 Å². The van der Waals surface area contributed by atoms with E-state index in [9.17, 15) is 0 Å². The zero-order chi connectivity index (χ0) is 14.1. The third-order valence-corrected chi connectivity index (χ3v) is 4.81. The van der Waals surface area contributed by atoms with Crippen LogP contribution in [-0.2, 0) is 0 Å². The molecule has 3 rings (SSSR count). The largest absolute Gasteiger partial charge is 0.486 e. The molecule has 0 amide bonds. The van der Waals surface area contributed by atoms with Gasteiger partial charge in [0.25, 0.3) is 0 Å². The SMILES string of the molecule is Cc1ccsc1C(C)Nc1cc2c(cc1Cl)OCCO2. The van der Waals surface area contributed by atoms with E-state index in [2.05, 4.69) is 30.6 Å². The molecule has 1 N–H and O–H groups in total. The number of fused-ring (bicyclic) bond motifs is 1. The summed E-state index contributed by atoms with van der Waals surface area (Å²) < 4.78 is 11.1. The molecule has 0 fully saturated rings. The molecule has 0 saturated heterocycles. The summed E-state index contributed by atoms with van der Waals surface area (Å²) >= 11 is 8.06. The van der Waals surface area contributed by atoms with Crippen molar-refractivity contribution in [2.45, 2.75) is 19.9 Å². The van der Waals surface area contributed by atoms with Crippen molar-refractivity contribution < 1.29 is 9.47 Å². The van der Waals surface area contributed by atoms with E-state index >= 15 is 0 Å². The van der Waals surface area contributed by atoms with Crippen molar-refractivity contribution in [3.05, 3.63) is 39.0 Å². The monoisotopic (exact) mass is 309 g/mol. The number of anilines is 1. The summed E-state index contributed by atoms with van der Waals surface area (Å²) in [5, 5.41) is 6.20. The molecule has 1 aromatic heterocycles. The van der Waals surface area contributed by atoms with Crippen molar-refractivity contribution in [1.29, 1.82) is 0 Å². The van der Waals surface area contributed by atoms with Gasteiger partial charge in [-0.25, -0.2) is 0 Å². The minimum absolute atomic E-state index is 0.204. The van der Waals surface area contributed by atoms with Gasteiger partial charge < -0.3 is 14.8 Å². The second-order valence-corrected chi connectivity index (χ2v) is 6.16. The van der Waals surface area contributed by atoms with Gasteiger partial charge in [-0.15, -0.1) is 11.3 Å². The van der Waals surface area contributed by atoms with Crippen molar-refractivity contribution in [3.8, 4) is 11.5 Å². The molecule has 0 spiro atoms. The molecular formula is C15H16ClNO2S. The molecule has 1 aromatic carbocycles. The summed E-state index contributed by atoms with van der Waals surface area (Å²) in [5.74, 6) is 1.46. The number of hydrogen-bond acceptors (Lipinski definition) is 4. The van der Waals surface area contributed by atoms with Crippen LogP contribution in [0.2, 0.25) is 5.02 Å². The molecule has 20 heavy (non-hydrogen) atoms. The van der Waals surface area contributed by atoms with Gasteiger partial charge in [-0.2, -0.15) is 0 Å². The van der Waals surface area contributed by atoms with Crippen LogP contribution in [0.4, 0.5) is 5.69 Å². The Bertz CT molecular complexity index is 626. The van der Waals surface area contributed by atoms with Crippen LogP contribution < -0.4 is 14.8 Å². The molecule has 2 heterocycles. The molecule has 1 unspecified atom stereocenters. The fourth-order valence-electron chi connectivity index (χ4n) is 2.30. The highest BCUT2D eigenvalue weighted by Gasteiger charge is 2.17. The summed E-state index contributed by atoms with van der Waals surface area (Å²) in [5.41, 5.74) is 2.17. The molecule has 0 saturated carbocycles. The Balaban J connectivity index is 1.85. The lowest BCUT2D eigenvalue weighted by molar-refractivity contribution is 0.171. The van der Waals surface area contributed by atoms with E-state index in [1.807, 2.05) is 12.1 Å². The lowest BCUT2D eigenvalue weighted by Gasteiger charge is -2.22. The van der Waals surface area contributed by atoms with Gasteiger partial charge in [-0.05, 0) is 30.9 Å². The van der Waals surface area contributed by atoms with Gasteiger partial charge in [0, 0.05) is 17.0 Å². The highest BCUT2D eigenvalue weighted by atomic mass is 35.5. The Labute approximate surface area is 127 Å². The predicted molar refractivity (Wildman–Crippen MR) is 83.5 cm³/mol. The molecule has 0 radical (unpaired) electrons. The van der Waals surface area contributed by atoms with Crippen LogP contribution in [0.15, 0.2) is 23.6 Å². The smallest absolute Gasteiger partial charge is 0.163 e. The van der Waals surface area contributed by atoms with Crippen LogP contribution in [0.25, 0.3) is 0 Å². The number of rotatable bonds is 3. The van der Waals surface area contributed by atoms with Crippen LogP contribution in [0.3, 0.4) is 0 Å². The molecule has 106 valence electrons. The van der Waals surface area contributed by atoms with Gasteiger partial charge in [0.15, 0.2) is 11.5 Å².